The number of carbonyl (C=O) groups excluding carboxylic acids is 1. The molecular formula is C21H22N4O3. The summed E-state index contributed by atoms with van der Waals surface area (Å²) in [6, 6.07) is 9.37. The average molecular weight is 378 g/mol. The van der Waals surface area contributed by atoms with E-state index in [4.69, 9.17) is 9.47 Å². The van der Waals surface area contributed by atoms with E-state index in [9.17, 15) is 4.79 Å². The van der Waals surface area contributed by atoms with Crippen LogP contribution in [0.25, 0.3) is 17.3 Å². The van der Waals surface area contributed by atoms with Crippen molar-refractivity contribution in [3.8, 4) is 22.8 Å². The van der Waals surface area contributed by atoms with Crippen molar-refractivity contribution in [2.24, 2.45) is 7.05 Å². The van der Waals surface area contributed by atoms with Gasteiger partial charge in [0.2, 0.25) is 5.91 Å². The zero-order valence-electron chi connectivity index (χ0n) is 16.0. The molecule has 1 N–H and O–H groups in total. The summed E-state index contributed by atoms with van der Waals surface area (Å²) in [6.07, 6.45) is 8.46. The molecule has 0 unspecified atom stereocenters. The number of benzene rings is 1. The highest BCUT2D eigenvalue weighted by molar-refractivity contribution is 5.91. The molecule has 0 bridgehead atoms. The van der Waals surface area contributed by atoms with E-state index in [0.717, 1.165) is 22.4 Å². The second-order valence-corrected chi connectivity index (χ2v) is 6.09. The van der Waals surface area contributed by atoms with Gasteiger partial charge in [-0.05, 0) is 41.5 Å². The van der Waals surface area contributed by atoms with Crippen LogP contribution in [0.15, 0.2) is 55.0 Å². The Labute approximate surface area is 163 Å². The third kappa shape index (κ3) is 4.56. The smallest absolute Gasteiger partial charge is 0.244 e. The first-order chi connectivity index (χ1) is 13.6. The molecule has 0 saturated heterocycles. The molecule has 2 aromatic heterocycles. The Bertz CT molecular complexity index is 995. The number of carbonyl (C=O) groups is 1. The first-order valence-electron chi connectivity index (χ1n) is 8.71. The van der Waals surface area contributed by atoms with E-state index in [1.807, 2.05) is 31.3 Å². The van der Waals surface area contributed by atoms with Gasteiger partial charge in [0.05, 0.1) is 19.9 Å². The standard InChI is InChI=1S/C21H22N4O3/c1-25-18(8-9-24-25)17-10-16(12-22-14-17)13-23-21(26)7-5-15-4-6-19(27-2)20(11-15)28-3/h4-12,14H,13H2,1-3H3,(H,23,26)/b7-5+. The number of aromatic nitrogens is 3. The molecule has 2 heterocycles. The number of nitrogens with zero attached hydrogens (tertiary/aromatic N) is 3. The molecule has 1 aromatic carbocycles. The first kappa shape index (κ1) is 19.2. The van der Waals surface area contributed by atoms with Crippen molar-refractivity contribution in [1.29, 1.82) is 0 Å². The van der Waals surface area contributed by atoms with Gasteiger partial charge in [-0.2, -0.15) is 5.10 Å². The molecule has 7 heteroatoms. The molecule has 7 nitrogen and oxygen atoms in total. The van der Waals surface area contributed by atoms with Crippen LogP contribution in [0.3, 0.4) is 0 Å². The van der Waals surface area contributed by atoms with Gasteiger partial charge in [0.15, 0.2) is 11.5 Å². The normalized spacial score (nSPS) is 10.8. The molecule has 0 aliphatic carbocycles. The second kappa shape index (κ2) is 8.85. The Morgan fingerprint density at radius 2 is 1.96 bits per heavy atom. The van der Waals surface area contributed by atoms with Gasteiger partial charge in [-0.1, -0.05) is 6.07 Å². The van der Waals surface area contributed by atoms with Gasteiger partial charge in [-0.25, -0.2) is 0 Å². The van der Waals surface area contributed by atoms with Gasteiger partial charge in [-0.15, -0.1) is 0 Å². The summed E-state index contributed by atoms with van der Waals surface area (Å²) in [5.41, 5.74) is 3.67. The second-order valence-electron chi connectivity index (χ2n) is 6.09. The number of ether oxygens (including phenoxy) is 2. The van der Waals surface area contributed by atoms with Crippen LogP contribution in [-0.2, 0) is 18.4 Å². The SMILES string of the molecule is COc1ccc(/C=C/C(=O)NCc2cncc(-c3ccnn3C)c2)cc1OC. The number of nitrogens with one attached hydrogen (secondary N) is 1. The van der Waals surface area contributed by atoms with E-state index in [2.05, 4.69) is 15.4 Å². The summed E-state index contributed by atoms with van der Waals surface area (Å²) in [6.45, 7) is 0.383. The van der Waals surface area contributed by atoms with Crippen molar-refractivity contribution in [2.45, 2.75) is 6.54 Å². The topological polar surface area (TPSA) is 78.3 Å². The monoisotopic (exact) mass is 378 g/mol. The van der Waals surface area contributed by atoms with E-state index in [-0.39, 0.29) is 5.91 Å². The van der Waals surface area contributed by atoms with E-state index >= 15 is 0 Å². The first-order valence-corrected chi connectivity index (χ1v) is 8.71. The summed E-state index contributed by atoms with van der Waals surface area (Å²) in [7, 11) is 5.04. The molecular weight excluding hydrogens is 356 g/mol. The summed E-state index contributed by atoms with van der Waals surface area (Å²) in [4.78, 5) is 16.4. The van der Waals surface area contributed by atoms with Gasteiger partial charge >= 0.3 is 0 Å². The van der Waals surface area contributed by atoms with E-state index in [1.54, 1.807) is 49.6 Å². The van der Waals surface area contributed by atoms with Crippen molar-refractivity contribution in [3.05, 3.63) is 66.1 Å². The Morgan fingerprint density at radius 1 is 1.14 bits per heavy atom. The number of hydrogen-bond acceptors (Lipinski definition) is 5. The zero-order chi connectivity index (χ0) is 19.9. The third-order valence-electron chi connectivity index (χ3n) is 4.21. The highest BCUT2D eigenvalue weighted by Gasteiger charge is 2.06. The minimum atomic E-state index is -0.194. The third-order valence-corrected chi connectivity index (χ3v) is 4.21. The molecule has 144 valence electrons. The number of hydrogen-bond donors (Lipinski definition) is 1. The van der Waals surface area contributed by atoms with Gasteiger partial charge in [0, 0.05) is 43.8 Å². The Hall–Kier alpha value is -3.61. The van der Waals surface area contributed by atoms with E-state index in [0.29, 0.717) is 18.0 Å². The zero-order valence-corrected chi connectivity index (χ0v) is 16.0. The minimum Gasteiger partial charge on any atom is -0.493 e. The average Bonchev–Trinajstić information content (AvgIpc) is 3.16. The van der Waals surface area contributed by atoms with Crippen LogP contribution in [0, 0.1) is 0 Å². The fraction of sp³-hybridized carbons (Fsp3) is 0.190. The molecule has 0 radical (unpaired) electrons. The lowest BCUT2D eigenvalue weighted by atomic mass is 10.1. The summed E-state index contributed by atoms with van der Waals surface area (Å²) < 4.78 is 12.3. The quantitative estimate of drug-likeness (QED) is 0.640. The lowest BCUT2D eigenvalue weighted by Crippen LogP contribution is -2.20. The Kier molecular flexibility index (Phi) is 6.06. The maximum atomic E-state index is 12.1. The maximum absolute atomic E-state index is 12.1. The highest BCUT2D eigenvalue weighted by Crippen LogP contribution is 2.27. The van der Waals surface area contributed by atoms with Gasteiger partial charge in [0.25, 0.3) is 0 Å². The van der Waals surface area contributed by atoms with Gasteiger partial charge in [0.1, 0.15) is 0 Å². The van der Waals surface area contributed by atoms with Gasteiger partial charge < -0.3 is 14.8 Å². The van der Waals surface area contributed by atoms with E-state index < -0.39 is 0 Å². The van der Waals surface area contributed by atoms with Crippen LogP contribution < -0.4 is 14.8 Å². The lowest BCUT2D eigenvalue weighted by Gasteiger charge is -2.08. The van der Waals surface area contributed by atoms with Gasteiger partial charge in [-0.3, -0.25) is 14.5 Å². The molecule has 28 heavy (non-hydrogen) atoms. The molecule has 3 aromatic rings. The summed E-state index contributed by atoms with van der Waals surface area (Å²) in [5, 5.41) is 7.03. The molecule has 0 atom stereocenters. The van der Waals surface area contributed by atoms with Crippen molar-refractivity contribution in [3.63, 3.8) is 0 Å². The fourth-order valence-electron chi connectivity index (χ4n) is 2.76. The van der Waals surface area contributed by atoms with E-state index in [1.165, 1.54) is 6.08 Å². The molecule has 0 spiro atoms. The maximum Gasteiger partial charge on any atom is 0.244 e. The van der Waals surface area contributed by atoms with Crippen LogP contribution in [0.2, 0.25) is 0 Å². The largest absolute Gasteiger partial charge is 0.493 e. The Morgan fingerprint density at radius 3 is 2.68 bits per heavy atom. The van der Waals surface area contributed by atoms with Crippen molar-refractivity contribution < 1.29 is 14.3 Å². The molecule has 0 aliphatic heterocycles. The number of aryl methyl sites for hydroxylation is 1. The van der Waals surface area contributed by atoms with Crippen molar-refractivity contribution >= 4 is 12.0 Å². The Balaban J connectivity index is 1.62. The molecule has 0 aliphatic rings. The van der Waals surface area contributed by atoms with Crippen molar-refractivity contribution in [2.75, 3.05) is 14.2 Å². The van der Waals surface area contributed by atoms with Crippen LogP contribution in [0.1, 0.15) is 11.1 Å². The summed E-state index contributed by atoms with van der Waals surface area (Å²) >= 11 is 0. The van der Waals surface area contributed by atoms with Crippen LogP contribution in [0.5, 0.6) is 11.5 Å². The summed E-state index contributed by atoms with van der Waals surface area (Å²) in [5.74, 6) is 1.06. The molecule has 3 rings (SSSR count). The minimum absolute atomic E-state index is 0.194. The number of amides is 1. The fourth-order valence-corrected chi connectivity index (χ4v) is 2.76. The van der Waals surface area contributed by atoms with Crippen LogP contribution in [0.4, 0.5) is 0 Å². The number of methoxy groups -OCH3 is 2. The molecule has 1 amide bonds. The van der Waals surface area contributed by atoms with Crippen LogP contribution in [-0.4, -0.2) is 34.9 Å². The van der Waals surface area contributed by atoms with Crippen molar-refractivity contribution in [1.82, 2.24) is 20.1 Å². The molecule has 0 fully saturated rings. The lowest BCUT2D eigenvalue weighted by molar-refractivity contribution is -0.116. The number of rotatable bonds is 7. The molecule has 0 saturated carbocycles. The predicted octanol–water partition coefficient (Wildman–Crippen LogP) is 2.83. The predicted molar refractivity (Wildman–Crippen MR) is 107 cm³/mol. The number of pyridine rings is 1. The van der Waals surface area contributed by atoms with Crippen LogP contribution >= 0.6 is 0 Å². The highest BCUT2D eigenvalue weighted by atomic mass is 16.5.